The minimum atomic E-state index is -0.236. The van der Waals surface area contributed by atoms with Gasteiger partial charge in [0.05, 0.1) is 18.9 Å². The van der Waals surface area contributed by atoms with Crippen LogP contribution >= 0.6 is 0 Å². The molecule has 0 spiro atoms. The van der Waals surface area contributed by atoms with Crippen LogP contribution in [0.2, 0.25) is 0 Å². The van der Waals surface area contributed by atoms with Gasteiger partial charge in [0.15, 0.2) is 0 Å². The summed E-state index contributed by atoms with van der Waals surface area (Å²) >= 11 is 0. The number of nitrogens with zero attached hydrogens (tertiary/aromatic N) is 4. The highest BCUT2D eigenvalue weighted by atomic mass is 16.5. The van der Waals surface area contributed by atoms with Crippen LogP contribution in [0, 0.1) is 6.92 Å². The molecule has 0 bridgehead atoms. The summed E-state index contributed by atoms with van der Waals surface area (Å²) in [6, 6.07) is 5.25. The first-order chi connectivity index (χ1) is 12.2. The number of hydrogen-bond donors (Lipinski definition) is 2. The fourth-order valence-electron chi connectivity index (χ4n) is 2.92. The maximum Gasteiger partial charge on any atom is 0.272 e. The van der Waals surface area contributed by atoms with E-state index in [2.05, 4.69) is 25.1 Å². The second kappa shape index (κ2) is 6.48. The molecular weight excluding hydrogens is 320 g/mol. The summed E-state index contributed by atoms with van der Waals surface area (Å²) in [5.74, 6) is 0.613. The van der Waals surface area contributed by atoms with Crippen LogP contribution in [0.15, 0.2) is 36.8 Å². The average molecular weight is 338 g/mol. The number of amides is 1. The molecule has 1 fully saturated rings. The normalized spacial score (nSPS) is 17.6. The minimum absolute atomic E-state index is 0.120. The molecule has 8 nitrogen and oxygen atoms in total. The van der Waals surface area contributed by atoms with Gasteiger partial charge in [0.25, 0.3) is 5.91 Å². The predicted octanol–water partition coefficient (Wildman–Crippen LogP) is 1.72. The fraction of sp³-hybridized carbons (Fsp3) is 0.294. The first kappa shape index (κ1) is 15.5. The molecule has 128 valence electrons. The highest BCUT2D eigenvalue weighted by Gasteiger charge is 2.32. The quantitative estimate of drug-likeness (QED) is 0.757. The number of aromatic nitrogens is 5. The molecule has 3 aromatic heterocycles. The number of imidazole rings is 1. The molecular formula is C17H18N6O2. The minimum Gasteiger partial charge on any atom is -0.377 e. The Morgan fingerprint density at radius 1 is 1.40 bits per heavy atom. The summed E-state index contributed by atoms with van der Waals surface area (Å²) in [6.45, 7) is 3.36. The van der Waals surface area contributed by atoms with Crippen molar-refractivity contribution in [1.82, 2.24) is 30.0 Å². The zero-order chi connectivity index (χ0) is 17.2. The van der Waals surface area contributed by atoms with Crippen LogP contribution in [0.1, 0.15) is 28.0 Å². The van der Waals surface area contributed by atoms with E-state index < -0.39 is 0 Å². The second-order valence-corrected chi connectivity index (χ2v) is 5.95. The molecule has 0 saturated carbocycles. The second-order valence-electron chi connectivity index (χ2n) is 5.95. The molecule has 4 rings (SSSR count). The standard InChI is InChI=1S/C17H18N6O2/c1-11-8-19-16(20-11)15-10-25-6-5-23(15)17(24)14-7-13(21-22-14)12-3-2-4-18-9-12/h2-4,7-9,15H,5-6,10H2,1H3,(H,19,20)(H,21,22)/t15-/m0/s1. The van der Waals surface area contributed by atoms with Gasteiger partial charge in [-0.05, 0) is 25.1 Å². The third kappa shape index (κ3) is 3.03. The monoisotopic (exact) mass is 338 g/mol. The summed E-state index contributed by atoms with van der Waals surface area (Å²) in [7, 11) is 0. The summed E-state index contributed by atoms with van der Waals surface area (Å²) in [5.41, 5.74) is 2.94. The van der Waals surface area contributed by atoms with E-state index in [1.165, 1.54) is 0 Å². The molecule has 4 heterocycles. The van der Waals surface area contributed by atoms with Gasteiger partial charge in [0.2, 0.25) is 0 Å². The number of nitrogens with one attached hydrogen (secondary N) is 2. The molecule has 1 saturated heterocycles. The Labute approximate surface area is 144 Å². The number of carbonyl (C=O) groups is 1. The molecule has 8 heteroatoms. The van der Waals surface area contributed by atoms with Crippen LogP contribution in [0.25, 0.3) is 11.3 Å². The van der Waals surface area contributed by atoms with Crippen molar-refractivity contribution < 1.29 is 9.53 Å². The van der Waals surface area contributed by atoms with Crippen molar-refractivity contribution in [2.24, 2.45) is 0 Å². The van der Waals surface area contributed by atoms with E-state index in [0.29, 0.717) is 31.1 Å². The SMILES string of the molecule is Cc1cnc([C@@H]2COCCN2C(=O)c2cc(-c3cccnc3)n[nH]2)[nH]1. The van der Waals surface area contributed by atoms with Crippen LogP contribution in [0.5, 0.6) is 0 Å². The Hall–Kier alpha value is -3.00. The van der Waals surface area contributed by atoms with E-state index in [0.717, 1.165) is 17.1 Å². The van der Waals surface area contributed by atoms with Crippen molar-refractivity contribution in [1.29, 1.82) is 0 Å². The molecule has 3 aromatic rings. The van der Waals surface area contributed by atoms with Crippen molar-refractivity contribution in [3.63, 3.8) is 0 Å². The molecule has 0 aromatic carbocycles. The van der Waals surface area contributed by atoms with Gasteiger partial charge in [-0.15, -0.1) is 0 Å². The van der Waals surface area contributed by atoms with Gasteiger partial charge >= 0.3 is 0 Å². The van der Waals surface area contributed by atoms with E-state index in [4.69, 9.17) is 4.74 Å². The Kier molecular flexibility index (Phi) is 4.02. The number of aryl methyl sites for hydroxylation is 1. The maximum atomic E-state index is 13.0. The highest BCUT2D eigenvalue weighted by Crippen LogP contribution is 2.25. The summed E-state index contributed by atoms with van der Waals surface area (Å²) in [6.07, 6.45) is 5.17. The Morgan fingerprint density at radius 3 is 3.08 bits per heavy atom. The predicted molar refractivity (Wildman–Crippen MR) is 89.7 cm³/mol. The van der Waals surface area contributed by atoms with Crippen molar-refractivity contribution >= 4 is 5.91 Å². The molecule has 0 unspecified atom stereocenters. The smallest absolute Gasteiger partial charge is 0.272 e. The number of rotatable bonds is 3. The van der Waals surface area contributed by atoms with Crippen molar-refractivity contribution in [2.45, 2.75) is 13.0 Å². The molecule has 1 aliphatic heterocycles. The first-order valence-electron chi connectivity index (χ1n) is 8.08. The molecule has 1 atom stereocenters. The van der Waals surface area contributed by atoms with Crippen LogP contribution < -0.4 is 0 Å². The van der Waals surface area contributed by atoms with Gasteiger partial charge in [0.1, 0.15) is 17.6 Å². The number of carbonyl (C=O) groups excluding carboxylic acids is 1. The molecule has 0 radical (unpaired) electrons. The lowest BCUT2D eigenvalue weighted by molar-refractivity contribution is -0.00531. The third-order valence-corrected chi connectivity index (χ3v) is 4.19. The third-order valence-electron chi connectivity index (χ3n) is 4.19. The zero-order valence-corrected chi connectivity index (χ0v) is 13.8. The number of ether oxygens (including phenoxy) is 1. The van der Waals surface area contributed by atoms with E-state index in [9.17, 15) is 4.79 Å². The van der Waals surface area contributed by atoms with Gasteiger partial charge in [0, 0.05) is 36.4 Å². The van der Waals surface area contributed by atoms with Crippen molar-refractivity contribution in [2.75, 3.05) is 19.8 Å². The summed E-state index contributed by atoms with van der Waals surface area (Å²) < 4.78 is 5.55. The lowest BCUT2D eigenvalue weighted by Gasteiger charge is -2.34. The summed E-state index contributed by atoms with van der Waals surface area (Å²) in [4.78, 5) is 26.4. The summed E-state index contributed by atoms with van der Waals surface area (Å²) in [5, 5.41) is 7.08. The molecule has 0 aliphatic carbocycles. The topological polar surface area (TPSA) is 99.8 Å². The largest absolute Gasteiger partial charge is 0.377 e. The van der Waals surface area contributed by atoms with Crippen LogP contribution in [0.4, 0.5) is 0 Å². The Balaban J connectivity index is 1.60. The highest BCUT2D eigenvalue weighted by molar-refractivity contribution is 5.93. The van der Waals surface area contributed by atoms with Crippen LogP contribution in [-0.4, -0.2) is 55.7 Å². The number of pyridine rings is 1. The van der Waals surface area contributed by atoms with E-state index in [1.54, 1.807) is 29.6 Å². The molecule has 2 N–H and O–H groups in total. The fourth-order valence-corrected chi connectivity index (χ4v) is 2.92. The van der Waals surface area contributed by atoms with Gasteiger partial charge in [-0.25, -0.2) is 4.98 Å². The average Bonchev–Trinajstić information content (AvgIpc) is 3.31. The number of H-pyrrole nitrogens is 2. The van der Waals surface area contributed by atoms with Gasteiger partial charge in [-0.1, -0.05) is 0 Å². The van der Waals surface area contributed by atoms with Crippen molar-refractivity contribution in [3.05, 3.63) is 54.0 Å². The lowest BCUT2D eigenvalue weighted by atomic mass is 10.1. The zero-order valence-electron chi connectivity index (χ0n) is 13.8. The molecule has 25 heavy (non-hydrogen) atoms. The van der Waals surface area contributed by atoms with E-state index in [-0.39, 0.29) is 11.9 Å². The Morgan fingerprint density at radius 2 is 2.32 bits per heavy atom. The maximum absolute atomic E-state index is 13.0. The van der Waals surface area contributed by atoms with Crippen LogP contribution in [0.3, 0.4) is 0 Å². The van der Waals surface area contributed by atoms with E-state index >= 15 is 0 Å². The number of aromatic amines is 2. The first-order valence-corrected chi connectivity index (χ1v) is 8.08. The van der Waals surface area contributed by atoms with E-state index in [1.807, 2.05) is 19.1 Å². The van der Waals surface area contributed by atoms with Gasteiger partial charge in [-0.2, -0.15) is 5.10 Å². The molecule has 1 aliphatic rings. The molecule has 1 amide bonds. The van der Waals surface area contributed by atoms with Gasteiger partial charge in [-0.3, -0.25) is 14.9 Å². The lowest BCUT2D eigenvalue weighted by Crippen LogP contribution is -2.44. The van der Waals surface area contributed by atoms with Crippen molar-refractivity contribution in [3.8, 4) is 11.3 Å². The Bertz CT molecular complexity index is 872. The van der Waals surface area contributed by atoms with Gasteiger partial charge < -0.3 is 14.6 Å². The number of morpholine rings is 1. The van der Waals surface area contributed by atoms with Crippen LogP contribution in [-0.2, 0) is 4.74 Å². The number of hydrogen-bond acceptors (Lipinski definition) is 5.